The third-order valence-electron chi connectivity index (χ3n) is 4.35. The van der Waals surface area contributed by atoms with Crippen molar-refractivity contribution in [2.75, 3.05) is 13.2 Å². The summed E-state index contributed by atoms with van der Waals surface area (Å²) < 4.78 is 45.0. The minimum atomic E-state index is -4.33. The molecule has 1 aromatic rings. The van der Waals surface area contributed by atoms with Crippen LogP contribution in [0.1, 0.15) is 36.5 Å². The van der Waals surface area contributed by atoms with E-state index < -0.39 is 17.8 Å². The number of hydrogen-bond donors (Lipinski definition) is 1. The Labute approximate surface area is 116 Å². The highest BCUT2D eigenvalue weighted by molar-refractivity contribution is 5.32. The molecule has 0 aromatic heterocycles. The molecule has 3 rings (SSSR count). The first-order valence-corrected chi connectivity index (χ1v) is 7.07. The fourth-order valence-corrected chi connectivity index (χ4v) is 3.30. The van der Waals surface area contributed by atoms with Gasteiger partial charge in [-0.2, -0.15) is 13.2 Å². The number of ether oxygens (including phenoxy) is 1. The molecule has 0 radical (unpaired) electrons. The maximum atomic E-state index is 13.1. The van der Waals surface area contributed by atoms with E-state index in [4.69, 9.17) is 4.74 Å². The predicted octanol–water partition coefficient (Wildman–Crippen LogP) is 3.54. The molecule has 1 saturated carbocycles. The van der Waals surface area contributed by atoms with E-state index in [0.29, 0.717) is 25.1 Å². The molecule has 2 fully saturated rings. The Hall–Kier alpha value is -1.07. The van der Waals surface area contributed by atoms with Crippen LogP contribution < -0.4 is 5.32 Å². The van der Waals surface area contributed by atoms with E-state index >= 15 is 0 Å². The molecule has 2 aliphatic rings. The Bertz CT molecular complexity index is 460. The minimum Gasteiger partial charge on any atom is -0.372 e. The number of rotatable bonds is 1. The maximum absolute atomic E-state index is 13.1. The lowest BCUT2D eigenvalue weighted by Crippen LogP contribution is -2.33. The molecule has 0 spiro atoms. The van der Waals surface area contributed by atoms with Gasteiger partial charge in [0.05, 0.1) is 18.3 Å². The molecule has 2 nitrogen and oxygen atoms in total. The van der Waals surface area contributed by atoms with Crippen LogP contribution in [0.3, 0.4) is 0 Å². The highest BCUT2D eigenvalue weighted by Crippen LogP contribution is 2.37. The zero-order chi connectivity index (χ0) is 14.2. The van der Waals surface area contributed by atoms with E-state index in [9.17, 15) is 13.2 Å². The average molecular weight is 285 g/mol. The first kappa shape index (κ1) is 13.9. The summed E-state index contributed by atoms with van der Waals surface area (Å²) >= 11 is 0. The van der Waals surface area contributed by atoms with E-state index in [0.717, 1.165) is 18.9 Å². The minimum absolute atomic E-state index is 0.243. The SMILES string of the molecule is FC(F)(F)c1ccccc1C1CNC2CCCC2CO1. The lowest BCUT2D eigenvalue weighted by molar-refractivity contribution is -0.139. The highest BCUT2D eigenvalue weighted by Gasteiger charge is 2.37. The summed E-state index contributed by atoms with van der Waals surface area (Å²) in [6.45, 7) is 1.00. The molecule has 1 aliphatic carbocycles. The molecule has 1 aromatic carbocycles. The highest BCUT2D eigenvalue weighted by atomic mass is 19.4. The van der Waals surface area contributed by atoms with Crippen LogP contribution in [0.25, 0.3) is 0 Å². The largest absolute Gasteiger partial charge is 0.416 e. The summed E-state index contributed by atoms with van der Waals surface area (Å²) in [5.41, 5.74) is -0.341. The van der Waals surface area contributed by atoms with Gasteiger partial charge in [-0.1, -0.05) is 24.6 Å². The smallest absolute Gasteiger partial charge is 0.372 e. The fourth-order valence-electron chi connectivity index (χ4n) is 3.30. The Morgan fingerprint density at radius 3 is 2.75 bits per heavy atom. The standard InChI is InChI=1S/C15H18F3NO/c16-15(17,18)12-6-2-1-5-11(12)14-8-19-13-7-3-4-10(13)9-20-14/h1-2,5-6,10,13-14,19H,3-4,7-9H2. The lowest BCUT2D eigenvalue weighted by Gasteiger charge is -2.21. The molecule has 1 saturated heterocycles. The molecule has 0 bridgehead atoms. The van der Waals surface area contributed by atoms with Crippen LogP contribution in [-0.2, 0) is 10.9 Å². The number of hydrogen-bond acceptors (Lipinski definition) is 2. The third-order valence-corrected chi connectivity index (χ3v) is 4.35. The molecule has 110 valence electrons. The molecule has 20 heavy (non-hydrogen) atoms. The number of halogens is 3. The monoisotopic (exact) mass is 285 g/mol. The Kier molecular flexibility index (Phi) is 3.73. The van der Waals surface area contributed by atoms with Crippen LogP contribution in [0.5, 0.6) is 0 Å². The van der Waals surface area contributed by atoms with E-state index in [1.807, 2.05) is 0 Å². The van der Waals surface area contributed by atoms with Crippen LogP contribution in [-0.4, -0.2) is 19.2 Å². The van der Waals surface area contributed by atoms with Crippen molar-refractivity contribution < 1.29 is 17.9 Å². The molecule has 1 aliphatic heterocycles. The van der Waals surface area contributed by atoms with Crippen LogP contribution in [0.2, 0.25) is 0 Å². The zero-order valence-corrected chi connectivity index (χ0v) is 11.1. The summed E-state index contributed by atoms with van der Waals surface area (Å²) in [7, 11) is 0. The van der Waals surface area contributed by atoms with Gasteiger partial charge < -0.3 is 10.1 Å². The van der Waals surface area contributed by atoms with Gasteiger partial charge in [-0.25, -0.2) is 0 Å². The van der Waals surface area contributed by atoms with Gasteiger partial charge in [-0.15, -0.1) is 0 Å². The van der Waals surface area contributed by atoms with Gasteiger partial charge in [-0.3, -0.25) is 0 Å². The quantitative estimate of drug-likeness (QED) is 0.852. The van der Waals surface area contributed by atoms with Gasteiger partial charge in [-0.05, 0) is 30.4 Å². The Morgan fingerprint density at radius 1 is 1.15 bits per heavy atom. The normalized spacial score (nSPS) is 30.9. The Balaban J connectivity index is 1.83. The van der Waals surface area contributed by atoms with Gasteiger partial charge in [0.25, 0.3) is 0 Å². The van der Waals surface area contributed by atoms with E-state index in [2.05, 4.69) is 5.32 Å². The third kappa shape index (κ3) is 2.69. The summed E-state index contributed by atoms with van der Waals surface area (Å²) in [6, 6.07) is 6.11. The number of alkyl halides is 3. The van der Waals surface area contributed by atoms with Crippen LogP contribution in [0, 0.1) is 5.92 Å². The number of nitrogens with one attached hydrogen (secondary N) is 1. The van der Waals surface area contributed by atoms with Crippen molar-refractivity contribution in [2.24, 2.45) is 5.92 Å². The summed E-state index contributed by atoms with van der Waals surface area (Å²) in [5.74, 6) is 0.443. The average Bonchev–Trinajstić information content (AvgIpc) is 2.77. The zero-order valence-electron chi connectivity index (χ0n) is 11.1. The summed E-state index contributed by atoms with van der Waals surface area (Å²) in [5, 5.41) is 3.38. The van der Waals surface area contributed by atoms with Crippen molar-refractivity contribution in [1.29, 1.82) is 0 Å². The van der Waals surface area contributed by atoms with Gasteiger partial charge in [0.15, 0.2) is 0 Å². The topological polar surface area (TPSA) is 21.3 Å². The maximum Gasteiger partial charge on any atom is 0.416 e. The predicted molar refractivity (Wildman–Crippen MR) is 69.3 cm³/mol. The van der Waals surface area contributed by atoms with Gasteiger partial charge in [0.2, 0.25) is 0 Å². The van der Waals surface area contributed by atoms with E-state index in [1.165, 1.54) is 18.6 Å². The van der Waals surface area contributed by atoms with Crippen LogP contribution >= 0.6 is 0 Å². The van der Waals surface area contributed by atoms with Crippen molar-refractivity contribution in [3.63, 3.8) is 0 Å². The van der Waals surface area contributed by atoms with Crippen molar-refractivity contribution in [3.05, 3.63) is 35.4 Å². The first-order valence-electron chi connectivity index (χ1n) is 7.07. The number of benzene rings is 1. The van der Waals surface area contributed by atoms with Crippen molar-refractivity contribution in [3.8, 4) is 0 Å². The Morgan fingerprint density at radius 2 is 1.95 bits per heavy atom. The molecule has 3 unspecified atom stereocenters. The molecule has 0 amide bonds. The van der Waals surface area contributed by atoms with Gasteiger partial charge in [0.1, 0.15) is 0 Å². The second-order valence-corrected chi connectivity index (χ2v) is 5.61. The van der Waals surface area contributed by atoms with Gasteiger partial charge in [0, 0.05) is 12.6 Å². The lowest BCUT2D eigenvalue weighted by atomic mass is 10.0. The van der Waals surface area contributed by atoms with Gasteiger partial charge >= 0.3 is 6.18 Å². The molecule has 5 heteroatoms. The summed E-state index contributed by atoms with van der Waals surface area (Å²) in [6.07, 6.45) is -1.47. The van der Waals surface area contributed by atoms with Crippen molar-refractivity contribution in [1.82, 2.24) is 5.32 Å². The van der Waals surface area contributed by atoms with Crippen LogP contribution in [0.15, 0.2) is 24.3 Å². The van der Waals surface area contributed by atoms with Crippen molar-refractivity contribution >= 4 is 0 Å². The summed E-state index contributed by atoms with van der Waals surface area (Å²) in [4.78, 5) is 0. The molecular formula is C15H18F3NO. The van der Waals surface area contributed by atoms with Crippen LogP contribution in [0.4, 0.5) is 13.2 Å². The van der Waals surface area contributed by atoms with E-state index in [1.54, 1.807) is 6.07 Å². The fraction of sp³-hybridized carbons (Fsp3) is 0.600. The second kappa shape index (κ2) is 5.37. The molecular weight excluding hydrogens is 267 g/mol. The van der Waals surface area contributed by atoms with Crippen molar-refractivity contribution in [2.45, 2.75) is 37.6 Å². The number of fused-ring (bicyclic) bond motifs is 1. The molecule has 1 heterocycles. The first-order chi connectivity index (χ1) is 9.55. The second-order valence-electron chi connectivity index (χ2n) is 5.61. The van der Waals surface area contributed by atoms with E-state index in [-0.39, 0.29) is 5.56 Å². The molecule has 1 N–H and O–H groups in total. The molecule has 3 atom stereocenters.